The minimum absolute atomic E-state index is 0.0690. The van der Waals surface area contributed by atoms with E-state index in [1.165, 1.54) is 24.3 Å². The Labute approximate surface area is 152 Å². The van der Waals surface area contributed by atoms with Gasteiger partial charge in [-0.25, -0.2) is 8.42 Å². The molecular formula is C17H12F3NO5S. The van der Waals surface area contributed by atoms with Gasteiger partial charge < -0.3 is 4.74 Å². The van der Waals surface area contributed by atoms with E-state index in [0.29, 0.717) is 6.07 Å². The van der Waals surface area contributed by atoms with Gasteiger partial charge in [0.15, 0.2) is 16.1 Å². The highest BCUT2D eigenvalue weighted by atomic mass is 32.2. The lowest BCUT2D eigenvalue weighted by Gasteiger charge is -2.19. The molecule has 0 fully saturated rings. The number of carbonyl (C=O) groups is 2. The predicted octanol–water partition coefficient (Wildman–Crippen LogP) is 2.92. The zero-order valence-electron chi connectivity index (χ0n) is 13.8. The average Bonchev–Trinajstić information content (AvgIpc) is 2.90. The molecule has 2 aromatic carbocycles. The van der Waals surface area contributed by atoms with E-state index in [1.807, 2.05) is 0 Å². The standard InChI is InChI=1S/C17H12F3NO5S/c1-26-15-11(8-22)6-10(7-12(15)17(18,19)20)16(23)21-9-27(24,25)14-5-3-2-4-13(14)21/h2-8H,9H2,1H3. The van der Waals surface area contributed by atoms with Gasteiger partial charge >= 0.3 is 6.18 Å². The fraction of sp³-hybridized carbons (Fsp3) is 0.176. The number of carbonyl (C=O) groups excluding carboxylic acids is 2. The fourth-order valence-electron chi connectivity index (χ4n) is 2.88. The molecule has 0 saturated heterocycles. The number of halogens is 3. The molecule has 0 radical (unpaired) electrons. The number of rotatable bonds is 3. The second kappa shape index (κ2) is 6.38. The summed E-state index contributed by atoms with van der Waals surface area (Å²) in [4.78, 5) is 24.8. The summed E-state index contributed by atoms with van der Waals surface area (Å²) in [6, 6.07) is 7.16. The summed E-state index contributed by atoms with van der Waals surface area (Å²) in [7, 11) is -2.81. The molecule has 0 spiro atoms. The van der Waals surface area contributed by atoms with Gasteiger partial charge in [-0.1, -0.05) is 12.1 Å². The molecule has 142 valence electrons. The number of sulfone groups is 1. The number of amides is 1. The minimum Gasteiger partial charge on any atom is -0.495 e. The highest BCUT2D eigenvalue weighted by Gasteiger charge is 2.39. The van der Waals surface area contributed by atoms with Crippen LogP contribution in [0, 0.1) is 0 Å². The number of alkyl halides is 3. The van der Waals surface area contributed by atoms with Gasteiger partial charge in [-0.15, -0.1) is 0 Å². The maximum atomic E-state index is 13.3. The Balaban J connectivity index is 2.15. The highest BCUT2D eigenvalue weighted by Crippen LogP contribution is 2.40. The molecule has 1 heterocycles. The van der Waals surface area contributed by atoms with Gasteiger partial charge in [-0.3, -0.25) is 14.5 Å². The van der Waals surface area contributed by atoms with Crippen molar-refractivity contribution in [2.75, 3.05) is 17.9 Å². The molecule has 2 aromatic rings. The molecule has 0 aromatic heterocycles. The van der Waals surface area contributed by atoms with Gasteiger partial charge in [0.05, 0.1) is 28.8 Å². The van der Waals surface area contributed by atoms with E-state index < -0.39 is 50.2 Å². The summed E-state index contributed by atoms with van der Waals surface area (Å²) < 4.78 is 69.0. The van der Waals surface area contributed by atoms with E-state index in [2.05, 4.69) is 4.74 Å². The molecule has 1 aliphatic rings. The van der Waals surface area contributed by atoms with Gasteiger partial charge in [-0.05, 0) is 24.3 Å². The van der Waals surface area contributed by atoms with E-state index in [0.717, 1.165) is 18.1 Å². The van der Waals surface area contributed by atoms with Crippen LogP contribution in [0.15, 0.2) is 41.3 Å². The van der Waals surface area contributed by atoms with E-state index >= 15 is 0 Å². The first-order chi connectivity index (χ1) is 12.6. The lowest BCUT2D eigenvalue weighted by molar-refractivity contribution is -0.138. The second-order valence-corrected chi connectivity index (χ2v) is 7.63. The van der Waals surface area contributed by atoms with E-state index in [1.54, 1.807) is 0 Å². The van der Waals surface area contributed by atoms with Crippen LogP contribution < -0.4 is 9.64 Å². The molecule has 3 rings (SSSR count). The van der Waals surface area contributed by atoms with Gasteiger partial charge in [0, 0.05) is 5.56 Å². The Morgan fingerprint density at radius 2 is 1.89 bits per heavy atom. The normalized spacial score (nSPS) is 15.3. The molecular weight excluding hydrogens is 387 g/mol. The number of nitrogens with zero attached hydrogens (tertiary/aromatic N) is 1. The van der Waals surface area contributed by atoms with Crippen LogP contribution in [0.3, 0.4) is 0 Å². The number of ether oxygens (including phenoxy) is 1. The number of para-hydroxylation sites is 1. The number of benzene rings is 2. The van der Waals surface area contributed by atoms with Crippen LogP contribution in [0.2, 0.25) is 0 Å². The van der Waals surface area contributed by atoms with E-state index in [4.69, 9.17) is 0 Å². The van der Waals surface area contributed by atoms with Crippen molar-refractivity contribution in [3.05, 3.63) is 53.1 Å². The van der Waals surface area contributed by atoms with Crippen LogP contribution in [0.4, 0.5) is 18.9 Å². The molecule has 0 saturated carbocycles. The monoisotopic (exact) mass is 399 g/mol. The molecule has 0 bridgehead atoms. The Bertz CT molecular complexity index is 1050. The fourth-order valence-corrected chi connectivity index (χ4v) is 4.39. The van der Waals surface area contributed by atoms with Crippen molar-refractivity contribution in [1.82, 2.24) is 0 Å². The molecule has 0 aliphatic carbocycles. The molecule has 10 heteroatoms. The molecule has 0 atom stereocenters. The smallest absolute Gasteiger partial charge is 0.420 e. The van der Waals surface area contributed by atoms with Crippen molar-refractivity contribution in [3.8, 4) is 5.75 Å². The van der Waals surface area contributed by atoms with Crippen molar-refractivity contribution in [2.24, 2.45) is 0 Å². The first kappa shape index (κ1) is 18.9. The number of hydrogen-bond acceptors (Lipinski definition) is 5. The number of methoxy groups -OCH3 is 1. The first-order valence-corrected chi connectivity index (χ1v) is 9.13. The van der Waals surface area contributed by atoms with Crippen LogP contribution in [0.25, 0.3) is 0 Å². The highest BCUT2D eigenvalue weighted by molar-refractivity contribution is 7.92. The van der Waals surface area contributed by atoms with Gasteiger partial charge in [0.1, 0.15) is 11.6 Å². The Kier molecular flexibility index (Phi) is 4.46. The minimum atomic E-state index is -4.88. The van der Waals surface area contributed by atoms with E-state index in [-0.39, 0.29) is 16.9 Å². The average molecular weight is 399 g/mol. The van der Waals surface area contributed by atoms with Gasteiger partial charge in [-0.2, -0.15) is 13.2 Å². The third kappa shape index (κ3) is 3.16. The molecule has 6 nitrogen and oxygen atoms in total. The summed E-state index contributed by atoms with van der Waals surface area (Å²) in [5.74, 6) is -2.38. The molecule has 1 amide bonds. The quantitative estimate of drug-likeness (QED) is 0.742. The third-order valence-corrected chi connectivity index (χ3v) is 5.65. The Morgan fingerprint density at radius 1 is 1.22 bits per heavy atom. The summed E-state index contributed by atoms with van der Waals surface area (Å²) in [5, 5.41) is 0. The lowest BCUT2D eigenvalue weighted by atomic mass is 10.0. The van der Waals surface area contributed by atoms with Crippen LogP contribution in [-0.2, 0) is 16.0 Å². The Hall–Kier alpha value is -2.88. The van der Waals surface area contributed by atoms with E-state index in [9.17, 15) is 31.2 Å². The topological polar surface area (TPSA) is 80.8 Å². The van der Waals surface area contributed by atoms with Crippen molar-refractivity contribution in [2.45, 2.75) is 11.1 Å². The maximum absolute atomic E-state index is 13.3. The van der Waals surface area contributed by atoms with Gasteiger partial charge in [0.2, 0.25) is 0 Å². The predicted molar refractivity (Wildman–Crippen MR) is 88.7 cm³/mol. The van der Waals surface area contributed by atoms with Crippen LogP contribution in [-0.4, -0.2) is 33.6 Å². The summed E-state index contributed by atoms with van der Waals surface area (Å²) in [6.45, 7) is 0. The maximum Gasteiger partial charge on any atom is 0.420 e. The van der Waals surface area contributed by atoms with Crippen LogP contribution >= 0.6 is 0 Å². The van der Waals surface area contributed by atoms with Crippen LogP contribution in [0.5, 0.6) is 5.75 Å². The lowest BCUT2D eigenvalue weighted by Crippen LogP contribution is -2.31. The molecule has 1 aliphatic heterocycles. The number of fused-ring (bicyclic) bond motifs is 1. The summed E-state index contributed by atoms with van der Waals surface area (Å²) in [6.07, 6.45) is -4.74. The zero-order chi connectivity index (χ0) is 20.0. The number of aldehydes is 1. The molecule has 0 N–H and O–H groups in total. The summed E-state index contributed by atoms with van der Waals surface area (Å²) in [5.41, 5.74) is -2.17. The molecule has 27 heavy (non-hydrogen) atoms. The Morgan fingerprint density at radius 3 is 2.48 bits per heavy atom. The van der Waals surface area contributed by atoms with Gasteiger partial charge in [0.25, 0.3) is 5.91 Å². The number of hydrogen-bond donors (Lipinski definition) is 0. The van der Waals surface area contributed by atoms with Crippen LogP contribution in [0.1, 0.15) is 26.3 Å². The first-order valence-electron chi connectivity index (χ1n) is 7.48. The number of anilines is 1. The largest absolute Gasteiger partial charge is 0.495 e. The van der Waals surface area contributed by atoms with Crippen molar-refractivity contribution < 1.29 is 35.9 Å². The van der Waals surface area contributed by atoms with Crippen molar-refractivity contribution >= 4 is 27.7 Å². The zero-order valence-corrected chi connectivity index (χ0v) is 14.6. The van der Waals surface area contributed by atoms with Crippen molar-refractivity contribution in [1.29, 1.82) is 0 Å². The summed E-state index contributed by atoms with van der Waals surface area (Å²) >= 11 is 0. The third-order valence-electron chi connectivity index (χ3n) is 4.04. The SMILES string of the molecule is COc1c(C=O)cc(C(=O)N2CS(=O)(=O)c3ccccc32)cc1C(F)(F)F. The second-order valence-electron chi connectivity index (χ2n) is 5.71. The van der Waals surface area contributed by atoms with Crippen molar-refractivity contribution in [3.63, 3.8) is 0 Å². The molecule has 0 unspecified atom stereocenters.